The maximum Gasteiger partial charge on any atom is 0.261 e. The zero-order chi connectivity index (χ0) is 17.2. The molecular weight excluding hydrogens is 342 g/mol. The van der Waals surface area contributed by atoms with Gasteiger partial charge in [-0.1, -0.05) is 6.07 Å². The Morgan fingerprint density at radius 3 is 2.38 bits per heavy atom. The van der Waals surface area contributed by atoms with Crippen LogP contribution >= 0.6 is 11.3 Å². The van der Waals surface area contributed by atoms with Crippen LogP contribution in [-0.2, 0) is 10.0 Å². The van der Waals surface area contributed by atoms with E-state index in [1.54, 1.807) is 30.6 Å². The van der Waals surface area contributed by atoms with Crippen LogP contribution in [0.2, 0.25) is 0 Å². The van der Waals surface area contributed by atoms with Gasteiger partial charge in [-0.05, 0) is 76.8 Å². The molecule has 1 N–H and O–H groups in total. The molecule has 0 radical (unpaired) electrons. The number of anilines is 1. The van der Waals surface area contributed by atoms with Crippen LogP contribution in [-0.4, -0.2) is 15.5 Å². The van der Waals surface area contributed by atoms with E-state index in [-0.39, 0.29) is 4.90 Å². The first kappa shape index (κ1) is 16.5. The van der Waals surface area contributed by atoms with Crippen molar-refractivity contribution >= 4 is 27.0 Å². The third kappa shape index (κ3) is 3.60. The second-order valence-corrected chi connectivity index (χ2v) is 7.84. The van der Waals surface area contributed by atoms with E-state index in [4.69, 9.17) is 4.74 Å². The van der Waals surface area contributed by atoms with Crippen LogP contribution in [0.15, 0.2) is 64.2 Å². The van der Waals surface area contributed by atoms with Crippen molar-refractivity contribution in [2.45, 2.75) is 11.8 Å². The summed E-state index contributed by atoms with van der Waals surface area (Å²) >= 11 is 1.61. The second-order valence-electron chi connectivity index (χ2n) is 5.38. The number of hydrogen-bond acceptors (Lipinski definition) is 4. The van der Waals surface area contributed by atoms with Crippen LogP contribution in [0.4, 0.5) is 5.69 Å². The fourth-order valence-corrected chi connectivity index (χ4v) is 4.11. The van der Waals surface area contributed by atoms with Crippen molar-refractivity contribution in [1.29, 1.82) is 0 Å². The lowest BCUT2D eigenvalue weighted by Gasteiger charge is -2.11. The molecule has 0 saturated carbocycles. The molecule has 1 aromatic heterocycles. The van der Waals surface area contributed by atoms with Crippen LogP contribution in [0.25, 0.3) is 11.1 Å². The van der Waals surface area contributed by atoms with Crippen LogP contribution in [0.5, 0.6) is 5.75 Å². The van der Waals surface area contributed by atoms with Gasteiger partial charge in [0.1, 0.15) is 5.75 Å². The molecule has 6 heteroatoms. The SMILES string of the molecule is COc1ccc(S(=O)(=O)Nc2cc(C)cc(-c3ccsc3)c2)cc1. The van der Waals surface area contributed by atoms with E-state index < -0.39 is 10.0 Å². The minimum atomic E-state index is -3.64. The summed E-state index contributed by atoms with van der Waals surface area (Å²) in [6.45, 7) is 1.95. The van der Waals surface area contributed by atoms with Crippen molar-refractivity contribution in [2.24, 2.45) is 0 Å². The number of methoxy groups -OCH3 is 1. The first-order chi connectivity index (χ1) is 11.5. The molecule has 0 aliphatic carbocycles. The molecule has 0 fully saturated rings. The van der Waals surface area contributed by atoms with Crippen LogP contribution in [0, 0.1) is 6.92 Å². The Balaban J connectivity index is 1.92. The lowest BCUT2D eigenvalue weighted by molar-refractivity contribution is 0.414. The van der Waals surface area contributed by atoms with Crippen molar-refractivity contribution in [3.63, 3.8) is 0 Å². The average molecular weight is 359 g/mol. The van der Waals surface area contributed by atoms with Gasteiger partial charge in [0.25, 0.3) is 10.0 Å². The standard InChI is InChI=1S/C18H17NO3S2/c1-13-9-15(14-7-8-23-12-14)11-16(10-13)19-24(20,21)18-5-3-17(22-2)4-6-18/h3-12,19H,1-2H3. The molecule has 0 aliphatic heterocycles. The molecule has 1 heterocycles. The number of aryl methyl sites for hydroxylation is 1. The number of rotatable bonds is 5. The molecule has 2 aromatic carbocycles. The predicted octanol–water partition coefficient (Wildman–Crippen LogP) is 4.53. The lowest BCUT2D eigenvalue weighted by atomic mass is 10.1. The maximum atomic E-state index is 12.6. The fraction of sp³-hybridized carbons (Fsp3) is 0.111. The first-order valence-electron chi connectivity index (χ1n) is 7.29. The molecule has 0 bridgehead atoms. The molecule has 0 aliphatic rings. The number of benzene rings is 2. The molecule has 0 amide bonds. The topological polar surface area (TPSA) is 55.4 Å². The highest BCUT2D eigenvalue weighted by atomic mass is 32.2. The van der Waals surface area contributed by atoms with E-state index >= 15 is 0 Å². The predicted molar refractivity (Wildman–Crippen MR) is 98.3 cm³/mol. The Hall–Kier alpha value is -2.31. The zero-order valence-electron chi connectivity index (χ0n) is 13.3. The molecule has 0 atom stereocenters. The fourth-order valence-electron chi connectivity index (χ4n) is 2.41. The van der Waals surface area contributed by atoms with Gasteiger partial charge >= 0.3 is 0 Å². The van der Waals surface area contributed by atoms with Gasteiger partial charge in [0.15, 0.2) is 0 Å². The van der Waals surface area contributed by atoms with Gasteiger partial charge in [0, 0.05) is 5.69 Å². The minimum Gasteiger partial charge on any atom is -0.497 e. The quantitative estimate of drug-likeness (QED) is 0.728. The smallest absolute Gasteiger partial charge is 0.261 e. The van der Waals surface area contributed by atoms with E-state index in [0.29, 0.717) is 11.4 Å². The lowest BCUT2D eigenvalue weighted by Crippen LogP contribution is -2.13. The molecular formula is C18H17NO3S2. The minimum absolute atomic E-state index is 0.196. The highest BCUT2D eigenvalue weighted by molar-refractivity contribution is 7.92. The molecule has 124 valence electrons. The Labute approximate surface area is 145 Å². The molecule has 3 aromatic rings. The third-order valence-corrected chi connectivity index (χ3v) is 5.63. The van der Waals surface area contributed by atoms with Gasteiger partial charge in [-0.3, -0.25) is 4.72 Å². The van der Waals surface area contributed by atoms with E-state index in [1.165, 1.54) is 12.1 Å². The monoisotopic (exact) mass is 359 g/mol. The summed E-state index contributed by atoms with van der Waals surface area (Å²) in [6.07, 6.45) is 0. The molecule has 4 nitrogen and oxygen atoms in total. The number of sulfonamides is 1. The summed E-state index contributed by atoms with van der Waals surface area (Å²) in [5.74, 6) is 0.615. The van der Waals surface area contributed by atoms with Crippen molar-refractivity contribution in [3.05, 3.63) is 64.9 Å². The highest BCUT2D eigenvalue weighted by Crippen LogP contribution is 2.28. The Morgan fingerprint density at radius 1 is 1.00 bits per heavy atom. The summed E-state index contributed by atoms with van der Waals surface area (Å²) in [4.78, 5) is 0.196. The largest absolute Gasteiger partial charge is 0.497 e. The van der Waals surface area contributed by atoms with Crippen LogP contribution in [0.3, 0.4) is 0 Å². The molecule has 3 rings (SSSR count). The van der Waals surface area contributed by atoms with Crippen molar-refractivity contribution in [3.8, 4) is 16.9 Å². The summed E-state index contributed by atoms with van der Waals surface area (Å²) in [5, 5.41) is 4.04. The molecule has 24 heavy (non-hydrogen) atoms. The van der Waals surface area contributed by atoms with Gasteiger partial charge < -0.3 is 4.74 Å². The third-order valence-electron chi connectivity index (χ3n) is 3.55. The highest BCUT2D eigenvalue weighted by Gasteiger charge is 2.15. The van der Waals surface area contributed by atoms with Gasteiger partial charge in [0.2, 0.25) is 0 Å². The number of thiophene rings is 1. The van der Waals surface area contributed by atoms with Crippen molar-refractivity contribution < 1.29 is 13.2 Å². The Morgan fingerprint density at radius 2 is 1.75 bits per heavy atom. The van der Waals surface area contributed by atoms with Gasteiger partial charge in [-0.25, -0.2) is 8.42 Å². The number of hydrogen-bond donors (Lipinski definition) is 1. The van der Waals surface area contributed by atoms with E-state index in [9.17, 15) is 8.42 Å². The summed E-state index contributed by atoms with van der Waals surface area (Å²) in [6, 6.07) is 14.0. The average Bonchev–Trinajstić information content (AvgIpc) is 3.08. The summed E-state index contributed by atoms with van der Waals surface area (Å²) in [5.41, 5.74) is 3.61. The van der Waals surface area contributed by atoms with E-state index in [1.807, 2.05) is 41.9 Å². The zero-order valence-corrected chi connectivity index (χ0v) is 14.9. The van der Waals surface area contributed by atoms with Crippen molar-refractivity contribution in [2.75, 3.05) is 11.8 Å². The number of nitrogens with one attached hydrogen (secondary N) is 1. The van der Waals surface area contributed by atoms with E-state index in [2.05, 4.69) is 4.72 Å². The van der Waals surface area contributed by atoms with Gasteiger partial charge in [0.05, 0.1) is 12.0 Å². The molecule has 0 spiro atoms. The van der Waals surface area contributed by atoms with Crippen LogP contribution < -0.4 is 9.46 Å². The molecule has 0 unspecified atom stereocenters. The van der Waals surface area contributed by atoms with Crippen LogP contribution in [0.1, 0.15) is 5.56 Å². The normalized spacial score (nSPS) is 11.2. The summed E-state index contributed by atoms with van der Waals surface area (Å²) < 4.78 is 32.8. The molecule has 0 saturated heterocycles. The number of ether oxygens (including phenoxy) is 1. The maximum absolute atomic E-state index is 12.6. The van der Waals surface area contributed by atoms with Crippen molar-refractivity contribution in [1.82, 2.24) is 0 Å². The Kier molecular flexibility index (Phi) is 4.59. The Bertz CT molecular complexity index is 931. The van der Waals surface area contributed by atoms with Gasteiger partial charge in [-0.15, -0.1) is 0 Å². The van der Waals surface area contributed by atoms with Gasteiger partial charge in [-0.2, -0.15) is 11.3 Å². The van der Waals surface area contributed by atoms with E-state index in [0.717, 1.165) is 16.7 Å². The summed E-state index contributed by atoms with van der Waals surface area (Å²) in [7, 11) is -2.10. The second kappa shape index (κ2) is 6.67. The first-order valence-corrected chi connectivity index (χ1v) is 9.72.